The molecule has 0 aromatic heterocycles. The van der Waals surface area contributed by atoms with Gasteiger partial charge in [0.25, 0.3) is 0 Å². The SMILES string of the molecule is CC1Cc2cc(N3CCCC3)ccc2N1. The first-order chi connectivity index (χ1) is 7.33. The minimum atomic E-state index is 0.605. The van der Waals surface area contributed by atoms with Gasteiger partial charge < -0.3 is 10.2 Å². The molecular formula is C13H18N2. The van der Waals surface area contributed by atoms with Crippen molar-refractivity contribution < 1.29 is 0 Å². The highest BCUT2D eigenvalue weighted by atomic mass is 15.1. The van der Waals surface area contributed by atoms with Crippen LogP contribution in [0.4, 0.5) is 11.4 Å². The van der Waals surface area contributed by atoms with E-state index in [1.54, 1.807) is 0 Å². The largest absolute Gasteiger partial charge is 0.382 e. The van der Waals surface area contributed by atoms with E-state index in [0.29, 0.717) is 6.04 Å². The molecule has 0 spiro atoms. The summed E-state index contributed by atoms with van der Waals surface area (Å²) >= 11 is 0. The maximum absolute atomic E-state index is 3.50. The van der Waals surface area contributed by atoms with Gasteiger partial charge in [0.1, 0.15) is 0 Å². The van der Waals surface area contributed by atoms with Gasteiger partial charge in [-0.3, -0.25) is 0 Å². The molecule has 1 unspecified atom stereocenters. The van der Waals surface area contributed by atoms with Crippen LogP contribution in [-0.2, 0) is 6.42 Å². The number of anilines is 2. The number of fused-ring (bicyclic) bond motifs is 1. The molecular weight excluding hydrogens is 184 g/mol. The van der Waals surface area contributed by atoms with E-state index < -0.39 is 0 Å². The van der Waals surface area contributed by atoms with E-state index >= 15 is 0 Å². The highest BCUT2D eigenvalue weighted by Gasteiger charge is 2.19. The average Bonchev–Trinajstić information content (AvgIpc) is 2.82. The molecule has 0 aliphatic carbocycles. The lowest BCUT2D eigenvalue weighted by Gasteiger charge is -2.18. The van der Waals surface area contributed by atoms with E-state index in [0.717, 1.165) is 0 Å². The lowest BCUT2D eigenvalue weighted by atomic mass is 10.1. The van der Waals surface area contributed by atoms with Crippen LogP contribution in [0.5, 0.6) is 0 Å². The molecule has 1 atom stereocenters. The zero-order valence-electron chi connectivity index (χ0n) is 9.29. The van der Waals surface area contributed by atoms with Crippen molar-refractivity contribution in [1.29, 1.82) is 0 Å². The summed E-state index contributed by atoms with van der Waals surface area (Å²) in [5, 5.41) is 3.50. The predicted octanol–water partition coefficient (Wildman–Crippen LogP) is 2.64. The number of nitrogens with zero attached hydrogens (tertiary/aromatic N) is 1. The van der Waals surface area contributed by atoms with Crippen molar-refractivity contribution in [3.05, 3.63) is 23.8 Å². The fraction of sp³-hybridized carbons (Fsp3) is 0.538. The predicted molar refractivity (Wildman–Crippen MR) is 64.7 cm³/mol. The lowest BCUT2D eigenvalue weighted by molar-refractivity contribution is 0.838. The molecule has 0 radical (unpaired) electrons. The van der Waals surface area contributed by atoms with Gasteiger partial charge in [-0.15, -0.1) is 0 Å². The molecule has 1 aromatic carbocycles. The Bertz CT molecular complexity index is 367. The number of hydrogen-bond donors (Lipinski definition) is 1. The summed E-state index contributed by atoms with van der Waals surface area (Å²) in [7, 11) is 0. The van der Waals surface area contributed by atoms with Crippen LogP contribution >= 0.6 is 0 Å². The normalized spacial score (nSPS) is 24.1. The fourth-order valence-corrected chi connectivity index (χ4v) is 2.71. The van der Waals surface area contributed by atoms with Gasteiger partial charge in [-0.25, -0.2) is 0 Å². The summed E-state index contributed by atoms with van der Waals surface area (Å²) in [5.74, 6) is 0. The Morgan fingerprint density at radius 3 is 2.87 bits per heavy atom. The second kappa shape index (κ2) is 3.44. The van der Waals surface area contributed by atoms with Crippen molar-refractivity contribution in [3.8, 4) is 0 Å². The average molecular weight is 202 g/mol. The van der Waals surface area contributed by atoms with Gasteiger partial charge in [0.15, 0.2) is 0 Å². The second-order valence-electron chi connectivity index (χ2n) is 4.79. The van der Waals surface area contributed by atoms with Crippen molar-refractivity contribution in [3.63, 3.8) is 0 Å². The molecule has 2 nitrogen and oxygen atoms in total. The summed E-state index contributed by atoms with van der Waals surface area (Å²) in [6.07, 6.45) is 3.88. The van der Waals surface area contributed by atoms with Gasteiger partial charge in [-0.1, -0.05) is 0 Å². The third-order valence-corrected chi connectivity index (χ3v) is 3.49. The fourth-order valence-electron chi connectivity index (χ4n) is 2.71. The minimum absolute atomic E-state index is 0.605. The van der Waals surface area contributed by atoms with Crippen LogP contribution in [0, 0.1) is 0 Å². The molecule has 3 rings (SSSR count). The molecule has 2 aliphatic heterocycles. The molecule has 2 heterocycles. The van der Waals surface area contributed by atoms with Crippen LogP contribution < -0.4 is 10.2 Å². The Hall–Kier alpha value is -1.18. The Morgan fingerprint density at radius 2 is 2.07 bits per heavy atom. The molecule has 80 valence electrons. The molecule has 0 amide bonds. The van der Waals surface area contributed by atoms with E-state index in [1.165, 1.54) is 49.3 Å². The second-order valence-corrected chi connectivity index (χ2v) is 4.79. The molecule has 0 bridgehead atoms. The van der Waals surface area contributed by atoms with Crippen molar-refractivity contribution in [2.75, 3.05) is 23.3 Å². The van der Waals surface area contributed by atoms with Crippen LogP contribution in [0.1, 0.15) is 25.3 Å². The van der Waals surface area contributed by atoms with Crippen LogP contribution in [0.25, 0.3) is 0 Å². The Balaban J connectivity index is 1.89. The van der Waals surface area contributed by atoms with E-state index in [2.05, 4.69) is 35.3 Å². The topological polar surface area (TPSA) is 15.3 Å². The maximum Gasteiger partial charge on any atom is 0.0377 e. The smallest absolute Gasteiger partial charge is 0.0377 e. The molecule has 2 heteroatoms. The quantitative estimate of drug-likeness (QED) is 0.753. The highest BCUT2D eigenvalue weighted by Crippen LogP contribution is 2.30. The Morgan fingerprint density at radius 1 is 1.27 bits per heavy atom. The molecule has 1 aromatic rings. The summed E-state index contributed by atoms with van der Waals surface area (Å²) < 4.78 is 0. The van der Waals surface area contributed by atoms with Crippen LogP contribution in [-0.4, -0.2) is 19.1 Å². The van der Waals surface area contributed by atoms with E-state index in [-0.39, 0.29) is 0 Å². The van der Waals surface area contributed by atoms with Gasteiger partial charge in [-0.2, -0.15) is 0 Å². The molecule has 1 fully saturated rings. The number of rotatable bonds is 1. The Kier molecular flexibility index (Phi) is 2.08. The molecule has 15 heavy (non-hydrogen) atoms. The molecule has 0 saturated carbocycles. The van der Waals surface area contributed by atoms with Gasteiger partial charge in [-0.05, 0) is 49.9 Å². The first kappa shape index (κ1) is 9.08. The van der Waals surface area contributed by atoms with Crippen molar-refractivity contribution in [2.24, 2.45) is 0 Å². The zero-order chi connectivity index (χ0) is 10.3. The summed E-state index contributed by atoms with van der Waals surface area (Å²) in [5.41, 5.74) is 4.25. The number of nitrogens with one attached hydrogen (secondary N) is 1. The summed E-state index contributed by atoms with van der Waals surface area (Å²) in [6, 6.07) is 7.48. The summed E-state index contributed by atoms with van der Waals surface area (Å²) in [4.78, 5) is 2.50. The molecule has 2 aliphatic rings. The third-order valence-electron chi connectivity index (χ3n) is 3.49. The molecule has 1 N–H and O–H groups in total. The lowest BCUT2D eigenvalue weighted by Crippen LogP contribution is -2.17. The highest BCUT2D eigenvalue weighted by molar-refractivity contribution is 5.64. The Labute approximate surface area is 91.3 Å². The van der Waals surface area contributed by atoms with Crippen molar-refractivity contribution in [2.45, 2.75) is 32.2 Å². The standard InChI is InChI=1S/C13H18N2/c1-10-8-11-9-12(4-5-13(11)14-10)15-6-2-3-7-15/h4-5,9-10,14H,2-3,6-8H2,1H3. The monoisotopic (exact) mass is 202 g/mol. The van der Waals surface area contributed by atoms with Gasteiger partial charge in [0.05, 0.1) is 0 Å². The van der Waals surface area contributed by atoms with Crippen molar-refractivity contribution in [1.82, 2.24) is 0 Å². The minimum Gasteiger partial charge on any atom is -0.382 e. The zero-order valence-corrected chi connectivity index (χ0v) is 9.29. The first-order valence-corrected chi connectivity index (χ1v) is 5.97. The summed E-state index contributed by atoms with van der Waals surface area (Å²) in [6.45, 7) is 4.72. The van der Waals surface area contributed by atoms with Gasteiger partial charge in [0.2, 0.25) is 0 Å². The van der Waals surface area contributed by atoms with E-state index in [9.17, 15) is 0 Å². The van der Waals surface area contributed by atoms with E-state index in [1.807, 2.05) is 0 Å². The van der Waals surface area contributed by atoms with E-state index in [4.69, 9.17) is 0 Å². The maximum atomic E-state index is 3.50. The van der Waals surface area contributed by atoms with Crippen molar-refractivity contribution >= 4 is 11.4 Å². The van der Waals surface area contributed by atoms with Crippen LogP contribution in [0.15, 0.2) is 18.2 Å². The van der Waals surface area contributed by atoms with Gasteiger partial charge in [0, 0.05) is 30.5 Å². The third kappa shape index (κ3) is 1.58. The van der Waals surface area contributed by atoms with Crippen LogP contribution in [0.2, 0.25) is 0 Å². The van der Waals surface area contributed by atoms with Gasteiger partial charge >= 0.3 is 0 Å². The number of benzene rings is 1. The van der Waals surface area contributed by atoms with Crippen LogP contribution in [0.3, 0.4) is 0 Å². The first-order valence-electron chi connectivity index (χ1n) is 5.97. The number of hydrogen-bond acceptors (Lipinski definition) is 2. The molecule has 1 saturated heterocycles.